The molecule has 0 saturated heterocycles. The van der Waals surface area contributed by atoms with Gasteiger partial charge in [0.1, 0.15) is 0 Å². The molecule has 0 aliphatic heterocycles. The Morgan fingerprint density at radius 2 is 1.90 bits per heavy atom. The van der Waals surface area contributed by atoms with E-state index in [0.29, 0.717) is 18.1 Å². The molecule has 0 saturated carbocycles. The lowest BCUT2D eigenvalue weighted by Crippen LogP contribution is -2.20. The van der Waals surface area contributed by atoms with Gasteiger partial charge in [0.15, 0.2) is 11.5 Å². The van der Waals surface area contributed by atoms with Crippen LogP contribution in [-0.4, -0.2) is 24.6 Å². The molecule has 0 radical (unpaired) electrons. The standard InChI is InChI=1S/C16H19N3O2/c1-4-19(12-7-5-11(2)6-8-12)15-13(17)9-10-14(18-15)16(20)21-3/h5-10H,4,17H2,1-3H3. The van der Waals surface area contributed by atoms with Crippen molar-refractivity contribution in [2.24, 2.45) is 0 Å². The number of esters is 1. The van der Waals surface area contributed by atoms with Crippen molar-refractivity contribution >= 4 is 23.2 Å². The third-order valence-electron chi connectivity index (χ3n) is 3.22. The van der Waals surface area contributed by atoms with Crippen LogP contribution in [-0.2, 0) is 4.74 Å². The maximum Gasteiger partial charge on any atom is 0.356 e. The summed E-state index contributed by atoms with van der Waals surface area (Å²) in [7, 11) is 1.33. The Balaban J connectivity index is 2.46. The van der Waals surface area contributed by atoms with Crippen molar-refractivity contribution in [3.63, 3.8) is 0 Å². The molecular weight excluding hydrogens is 266 g/mol. The molecule has 2 aromatic rings. The van der Waals surface area contributed by atoms with E-state index in [1.807, 2.05) is 43.0 Å². The molecule has 2 rings (SSSR count). The predicted octanol–water partition coefficient (Wildman–Crippen LogP) is 2.92. The van der Waals surface area contributed by atoms with Crippen LogP contribution in [0.25, 0.3) is 0 Å². The molecule has 0 spiro atoms. The number of hydrogen-bond donors (Lipinski definition) is 1. The van der Waals surface area contributed by atoms with Crippen molar-refractivity contribution in [2.45, 2.75) is 13.8 Å². The number of carbonyl (C=O) groups is 1. The lowest BCUT2D eigenvalue weighted by Gasteiger charge is -2.24. The van der Waals surface area contributed by atoms with Gasteiger partial charge in [0.25, 0.3) is 0 Å². The number of aromatic nitrogens is 1. The van der Waals surface area contributed by atoms with Crippen molar-refractivity contribution in [3.8, 4) is 0 Å². The predicted molar refractivity (Wildman–Crippen MR) is 83.8 cm³/mol. The zero-order valence-electron chi connectivity index (χ0n) is 12.5. The molecule has 21 heavy (non-hydrogen) atoms. The SMILES string of the molecule is CCN(c1ccc(C)cc1)c1nc(C(=O)OC)ccc1N. The monoisotopic (exact) mass is 285 g/mol. The van der Waals surface area contributed by atoms with E-state index in [-0.39, 0.29) is 5.69 Å². The number of carbonyl (C=O) groups excluding carboxylic acids is 1. The summed E-state index contributed by atoms with van der Waals surface area (Å²) >= 11 is 0. The molecule has 1 heterocycles. The van der Waals surface area contributed by atoms with E-state index >= 15 is 0 Å². The van der Waals surface area contributed by atoms with E-state index in [0.717, 1.165) is 5.69 Å². The third kappa shape index (κ3) is 3.13. The second kappa shape index (κ2) is 6.26. The van der Waals surface area contributed by atoms with Gasteiger partial charge in [-0.1, -0.05) is 17.7 Å². The molecule has 110 valence electrons. The Morgan fingerprint density at radius 3 is 2.48 bits per heavy atom. The first-order valence-corrected chi connectivity index (χ1v) is 6.75. The summed E-state index contributed by atoms with van der Waals surface area (Å²) in [6, 6.07) is 11.3. The molecule has 0 unspecified atom stereocenters. The molecular formula is C16H19N3O2. The summed E-state index contributed by atoms with van der Waals surface area (Å²) in [5.41, 5.74) is 8.94. The highest BCUT2D eigenvalue weighted by Gasteiger charge is 2.16. The number of nitrogens with two attached hydrogens (primary N) is 1. The molecule has 5 heteroatoms. The van der Waals surface area contributed by atoms with Crippen LogP contribution in [0.1, 0.15) is 23.0 Å². The fourth-order valence-electron chi connectivity index (χ4n) is 2.07. The van der Waals surface area contributed by atoms with Crippen molar-refractivity contribution in [1.29, 1.82) is 0 Å². The average Bonchev–Trinajstić information content (AvgIpc) is 2.50. The number of anilines is 3. The zero-order valence-corrected chi connectivity index (χ0v) is 12.5. The van der Waals surface area contributed by atoms with E-state index in [9.17, 15) is 4.79 Å². The van der Waals surface area contributed by atoms with Crippen molar-refractivity contribution < 1.29 is 9.53 Å². The fraction of sp³-hybridized carbons (Fsp3) is 0.250. The molecule has 0 atom stereocenters. The van der Waals surface area contributed by atoms with Gasteiger partial charge in [0.2, 0.25) is 0 Å². The summed E-state index contributed by atoms with van der Waals surface area (Å²) < 4.78 is 4.71. The highest BCUT2D eigenvalue weighted by Crippen LogP contribution is 2.28. The van der Waals surface area contributed by atoms with E-state index in [1.165, 1.54) is 12.7 Å². The van der Waals surface area contributed by atoms with Crippen molar-refractivity contribution in [3.05, 3.63) is 47.7 Å². The van der Waals surface area contributed by atoms with E-state index in [2.05, 4.69) is 4.98 Å². The smallest absolute Gasteiger partial charge is 0.356 e. The van der Waals surface area contributed by atoms with Gasteiger partial charge in [-0.3, -0.25) is 0 Å². The van der Waals surface area contributed by atoms with Gasteiger partial charge < -0.3 is 15.4 Å². The van der Waals surface area contributed by atoms with Crippen LogP contribution < -0.4 is 10.6 Å². The molecule has 0 amide bonds. The number of ether oxygens (including phenoxy) is 1. The number of methoxy groups -OCH3 is 1. The summed E-state index contributed by atoms with van der Waals surface area (Å²) in [6.07, 6.45) is 0. The quantitative estimate of drug-likeness (QED) is 0.875. The third-order valence-corrected chi connectivity index (χ3v) is 3.22. The Labute approximate surface area is 124 Å². The second-order valence-corrected chi connectivity index (χ2v) is 4.68. The number of hydrogen-bond acceptors (Lipinski definition) is 5. The van der Waals surface area contributed by atoms with Crippen LogP contribution in [0.15, 0.2) is 36.4 Å². The maximum absolute atomic E-state index is 11.6. The van der Waals surface area contributed by atoms with E-state index < -0.39 is 5.97 Å². The Hall–Kier alpha value is -2.56. The first-order valence-electron chi connectivity index (χ1n) is 6.75. The number of nitrogen functional groups attached to an aromatic ring is 1. The molecule has 5 nitrogen and oxygen atoms in total. The Morgan fingerprint density at radius 1 is 1.24 bits per heavy atom. The summed E-state index contributed by atoms with van der Waals surface area (Å²) in [6.45, 7) is 4.72. The van der Waals surface area contributed by atoms with E-state index in [4.69, 9.17) is 10.5 Å². The minimum absolute atomic E-state index is 0.243. The minimum Gasteiger partial charge on any atom is -0.464 e. The molecule has 1 aromatic carbocycles. The van der Waals surface area contributed by atoms with Gasteiger partial charge in [-0.25, -0.2) is 9.78 Å². The highest BCUT2D eigenvalue weighted by atomic mass is 16.5. The van der Waals surface area contributed by atoms with Gasteiger partial charge in [0, 0.05) is 12.2 Å². The van der Waals surface area contributed by atoms with Crippen molar-refractivity contribution in [1.82, 2.24) is 4.98 Å². The summed E-state index contributed by atoms with van der Waals surface area (Å²) in [4.78, 5) is 17.9. The fourth-order valence-corrected chi connectivity index (χ4v) is 2.07. The van der Waals surface area contributed by atoms with Crippen LogP contribution in [0, 0.1) is 6.92 Å². The van der Waals surface area contributed by atoms with Gasteiger partial charge in [-0.2, -0.15) is 0 Å². The van der Waals surface area contributed by atoms with Crippen LogP contribution in [0.4, 0.5) is 17.2 Å². The lowest BCUT2D eigenvalue weighted by molar-refractivity contribution is 0.0594. The largest absolute Gasteiger partial charge is 0.464 e. The van der Waals surface area contributed by atoms with Gasteiger partial charge in [-0.05, 0) is 38.1 Å². The highest BCUT2D eigenvalue weighted by molar-refractivity contribution is 5.89. The molecule has 0 aliphatic rings. The first kappa shape index (κ1) is 14.8. The Bertz CT molecular complexity index is 638. The number of nitrogens with zero attached hydrogens (tertiary/aromatic N) is 2. The van der Waals surface area contributed by atoms with Crippen LogP contribution >= 0.6 is 0 Å². The summed E-state index contributed by atoms with van der Waals surface area (Å²) in [5.74, 6) is 0.0838. The minimum atomic E-state index is -0.476. The molecule has 2 N–H and O–H groups in total. The van der Waals surface area contributed by atoms with Gasteiger partial charge in [0.05, 0.1) is 12.8 Å². The molecule has 0 fully saturated rings. The second-order valence-electron chi connectivity index (χ2n) is 4.68. The summed E-state index contributed by atoms with van der Waals surface area (Å²) in [5, 5.41) is 0. The molecule has 0 aliphatic carbocycles. The van der Waals surface area contributed by atoms with Gasteiger partial charge >= 0.3 is 5.97 Å². The van der Waals surface area contributed by atoms with Crippen molar-refractivity contribution in [2.75, 3.05) is 24.3 Å². The van der Waals surface area contributed by atoms with Gasteiger partial charge in [-0.15, -0.1) is 0 Å². The zero-order chi connectivity index (χ0) is 15.4. The maximum atomic E-state index is 11.6. The van der Waals surface area contributed by atoms with E-state index in [1.54, 1.807) is 12.1 Å². The van der Waals surface area contributed by atoms with Crippen LogP contribution in [0.2, 0.25) is 0 Å². The normalized spacial score (nSPS) is 10.2. The average molecular weight is 285 g/mol. The van der Waals surface area contributed by atoms with Crippen LogP contribution in [0.5, 0.6) is 0 Å². The topological polar surface area (TPSA) is 68.5 Å². The molecule has 0 bridgehead atoms. The number of rotatable bonds is 4. The lowest BCUT2D eigenvalue weighted by atomic mass is 10.2. The number of benzene rings is 1. The molecule has 1 aromatic heterocycles. The Kier molecular flexibility index (Phi) is 4.42. The number of aryl methyl sites for hydroxylation is 1. The number of pyridine rings is 1. The first-order chi connectivity index (χ1) is 10.1. The van der Waals surface area contributed by atoms with Crippen LogP contribution in [0.3, 0.4) is 0 Å².